The average molecular weight is 295 g/mol. The molecule has 5 nitrogen and oxygen atoms in total. The topological polar surface area (TPSA) is 51.2 Å². The molecule has 0 atom stereocenters. The van der Waals surface area contributed by atoms with E-state index in [-0.39, 0.29) is 6.61 Å². The van der Waals surface area contributed by atoms with Crippen molar-refractivity contribution >= 4 is 0 Å². The molecule has 0 aliphatic carbocycles. The predicted octanol–water partition coefficient (Wildman–Crippen LogP) is 1.55. The second-order valence-corrected chi connectivity index (χ2v) is 5.13. The highest BCUT2D eigenvalue weighted by atomic mass is 16.5. The molecule has 1 aromatic carbocycles. The van der Waals surface area contributed by atoms with Gasteiger partial charge in [0.05, 0.1) is 26.4 Å². The summed E-state index contributed by atoms with van der Waals surface area (Å²) in [6.07, 6.45) is 2.34. The molecule has 1 saturated heterocycles. The summed E-state index contributed by atoms with van der Waals surface area (Å²) in [7, 11) is 1.65. The first-order chi connectivity index (χ1) is 10.3. The van der Waals surface area contributed by atoms with Crippen LogP contribution in [0, 0.1) is 0 Å². The largest absolute Gasteiger partial charge is 0.493 e. The molecule has 0 unspecified atom stereocenters. The standard InChI is InChI=1S/C16H25NO4/c1-19-15-4-2-3-5-16(15)21-12-10-17-8-6-14(7-9-17)20-13-11-18/h2-5,14,18H,6-13H2,1H3. The minimum atomic E-state index is 0.104. The Hall–Kier alpha value is -1.30. The van der Waals surface area contributed by atoms with E-state index < -0.39 is 0 Å². The van der Waals surface area contributed by atoms with E-state index in [1.165, 1.54) is 0 Å². The Morgan fingerprint density at radius 2 is 1.86 bits per heavy atom. The van der Waals surface area contributed by atoms with Gasteiger partial charge < -0.3 is 19.3 Å². The van der Waals surface area contributed by atoms with E-state index in [0.29, 0.717) is 19.3 Å². The van der Waals surface area contributed by atoms with E-state index in [4.69, 9.17) is 19.3 Å². The monoisotopic (exact) mass is 295 g/mol. The van der Waals surface area contributed by atoms with Crippen molar-refractivity contribution in [3.63, 3.8) is 0 Å². The Balaban J connectivity index is 1.66. The third-order valence-electron chi connectivity index (χ3n) is 3.71. The van der Waals surface area contributed by atoms with E-state index in [9.17, 15) is 0 Å². The normalized spacial score (nSPS) is 16.9. The number of para-hydroxylation sites is 2. The highest BCUT2D eigenvalue weighted by molar-refractivity contribution is 5.39. The molecule has 21 heavy (non-hydrogen) atoms. The lowest BCUT2D eigenvalue weighted by molar-refractivity contribution is -0.00926. The van der Waals surface area contributed by atoms with Gasteiger partial charge >= 0.3 is 0 Å². The number of aliphatic hydroxyl groups is 1. The van der Waals surface area contributed by atoms with Crippen LogP contribution in [0.2, 0.25) is 0 Å². The van der Waals surface area contributed by atoms with Gasteiger partial charge in [-0.3, -0.25) is 4.90 Å². The number of rotatable bonds is 8. The summed E-state index contributed by atoms with van der Waals surface area (Å²) < 4.78 is 16.6. The molecule has 0 radical (unpaired) electrons. The summed E-state index contributed by atoms with van der Waals surface area (Å²) in [5.41, 5.74) is 0. The van der Waals surface area contributed by atoms with Gasteiger partial charge in [-0.1, -0.05) is 12.1 Å². The zero-order chi connectivity index (χ0) is 14.9. The van der Waals surface area contributed by atoms with Crippen molar-refractivity contribution in [2.24, 2.45) is 0 Å². The van der Waals surface area contributed by atoms with E-state index in [1.54, 1.807) is 7.11 Å². The van der Waals surface area contributed by atoms with Crippen molar-refractivity contribution in [2.45, 2.75) is 18.9 Å². The van der Waals surface area contributed by atoms with Gasteiger partial charge in [0.25, 0.3) is 0 Å². The lowest BCUT2D eigenvalue weighted by atomic mass is 10.1. The Kier molecular flexibility index (Phi) is 6.79. The van der Waals surface area contributed by atoms with Crippen LogP contribution < -0.4 is 9.47 Å². The molecule has 2 rings (SSSR count). The van der Waals surface area contributed by atoms with Crippen molar-refractivity contribution in [3.8, 4) is 11.5 Å². The molecule has 0 bridgehead atoms. The highest BCUT2D eigenvalue weighted by Crippen LogP contribution is 2.25. The molecule has 1 fully saturated rings. The van der Waals surface area contributed by atoms with Crippen molar-refractivity contribution < 1.29 is 19.3 Å². The van der Waals surface area contributed by atoms with Crippen LogP contribution in [0.5, 0.6) is 11.5 Å². The third kappa shape index (κ3) is 5.19. The number of likely N-dealkylation sites (tertiary alicyclic amines) is 1. The van der Waals surface area contributed by atoms with E-state index in [1.807, 2.05) is 24.3 Å². The molecule has 1 N–H and O–H groups in total. The fraction of sp³-hybridized carbons (Fsp3) is 0.625. The van der Waals surface area contributed by atoms with Gasteiger partial charge in [0.2, 0.25) is 0 Å². The summed E-state index contributed by atoms with van der Waals surface area (Å²) in [4.78, 5) is 2.38. The van der Waals surface area contributed by atoms with Gasteiger partial charge in [-0.2, -0.15) is 0 Å². The maximum atomic E-state index is 8.75. The van der Waals surface area contributed by atoms with Crippen LogP contribution in [0.25, 0.3) is 0 Å². The van der Waals surface area contributed by atoms with Crippen LogP contribution in [0.1, 0.15) is 12.8 Å². The van der Waals surface area contributed by atoms with Gasteiger partial charge in [-0.25, -0.2) is 0 Å². The number of nitrogens with zero attached hydrogens (tertiary/aromatic N) is 1. The second-order valence-electron chi connectivity index (χ2n) is 5.13. The number of hydrogen-bond acceptors (Lipinski definition) is 5. The van der Waals surface area contributed by atoms with Gasteiger partial charge in [0.1, 0.15) is 6.61 Å². The number of ether oxygens (including phenoxy) is 3. The van der Waals surface area contributed by atoms with Crippen LogP contribution >= 0.6 is 0 Å². The molecule has 5 heteroatoms. The Morgan fingerprint density at radius 1 is 1.14 bits per heavy atom. The Bertz CT molecular complexity index is 405. The van der Waals surface area contributed by atoms with Crippen molar-refractivity contribution in [2.75, 3.05) is 46.6 Å². The number of hydrogen-bond donors (Lipinski definition) is 1. The van der Waals surface area contributed by atoms with E-state index >= 15 is 0 Å². The number of benzene rings is 1. The first-order valence-electron chi connectivity index (χ1n) is 7.54. The molecule has 118 valence electrons. The van der Waals surface area contributed by atoms with Crippen molar-refractivity contribution in [1.29, 1.82) is 0 Å². The SMILES string of the molecule is COc1ccccc1OCCN1CCC(OCCO)CC1. The van der Waals surface area contributed by atoms with Gasteiger partial charge in [0.15, 0.2) is 11.5 Å². The summed E-state index contributed by atoms with van der Waals surface area (Å²) in [5.74, 6) is 1.56. The molecular formula is C16H25NO4. The summed E-state index contributed by atoms with van der Waals surface area (Å²) >= 11 is 0. The van der Waals surface area contributed by atoms with Crippen LogP contribution in [-0.2, 0) is 4.74 Å². The van der Waals surface area contributed by atoms with Crippen LogP contribution in [-0.4, -0.2) is 62.7 Å². The highest BCUT2D eigenvalue weighted by Gasteiger charge is 2.19. The molecule has 0 spiro atoms. The molecule has 1 aromatic rings. The Morgan fingerprint density at radius 3 is 2.52 bits per heavy atom. The summed E-state index contributed by atoms with van der Waals surface area (Å²) in [6.45, 7) is 4.15. The summed E-state index contributed by atoms with van der Waals surface area (Å²) in [6, 6.07) is 7.71. The molecule has 1 aliphatic rings. The lowest BCUT2D eigenvalue weighted by Gasteiger charge is -2.31. The summed E-state index contributed by atoms with van der Waals surface area (Å²) in [5, 5.41) is 8.75. The van der Waals surface area contributed by atoms with Gasteiger partial charge in [-0.15, -0.1) is 0 Å². The average Bonchev–Trinajstić information content (AvgIpc) is 2.54. The molecule has 0 saturated carbocycles. The molecule has 1 aliphatic heterocycles. The van der Waals surface area contributed by atoms with Crippen molar-refractivity contribution in [1.82, 2.24) is 4.90 Å². The number of methoxy groups -OCH3 is 1. The van der Waals surface area contributed by atoms with Crippen LogP contribution in [0.15, 0.2) is 24.3 Å². The third-order valence-corrected chi connectivity index (χ3v) is 3.71. The molecular weight excluding hydrogens is 270 g/mol. The maximum Gasteiger partial charge on any atom is 0.161 e. The van der Waals surface area contributed by atoms with E-state index in [0.717, 1.165) is 44.0 Å². The molecule has 0 amide bonds. The fourth-order valence-corrected chi connectivity index (χ4v) is 2.54. The van der Waals surface area contributed by atoms with Crippen LogP contribution in [0.3, 0.4) is 0 Å². The first-order valence-corrected chi connectivity index (χ1v) is 7.54. The maximum absolute atomic E-state index is 8.75. The van der Waals surface area contributed by atoms with Crippen LogP contribution in [0.4, 0.5) is 0 Å². The number of piperidine rings is 1. The predicted molar refractivity (Wildman–Crippen MR) is 81.0 cm³/mol. The minimum Gasteiger partial charge on any atom is -0.493 e. The van der Waals surface area contributed by atoms with Gasteiger partial charge in [0, 0.05) is 19.6 Å². The smallest absolute Gasteiger partial charge is 0.161 e. The van der Waals surface area contributed by atoms with Crippen molar-refractivity contribution in [3.05, 3.63) is 24.3 Å². The second kappa shape index (κ2) is 8.87. The number of aliphatic hydroxyl groups excluding tert-OH is 1. The van der Waals surface area contributed by atoms with E-state index in [2.05, 4.69) is 4.90 Å². The zero-order valence-electron chi connectivity index (χ0n) is 12.7. The minimum absolute atomic E-state index is 0.104. The quantitative estimate of drug-likeness (QED) is 0.788. The zero-order valence-corrected chi connectivity index (χ0v) is 12.7. The molecule has 1 heterocycles. The Labute approximate surface area is 126 Å². The lowest BCUT2D eigenvalue weighted by Crippen LogP contribution is -2.39. The first kappa shape index (κ1) is 16.1. The van der Waals surface area contributed by atoms with Gasteiger partial charge in [-0.05, 0) is 25.0 Å². The fourth-order valence-electron chi connectivity index (χ4n) is 2.54. The molecule has 0 aromatic heterocycles.